The largest absolute Gasteiger partial charge is 0.338 e. The van der Waals surface area contributed by atoms with E-state index < -0.39 is 0 Å². The summed E-state index contributed by atoms with van der Waals surface area (Å²) in [5, 5.41) is 10.3. The van der Waals surface area contributed by atoms with Gasteiger partial charge in [0.05, 0.1) is 5.69 Å². The molecule has 0 atom stereocenters. The Hall–Kier alpha value is -2.34. The minimum atomic E-state index is -0.124. The van der Waals surface area contributed by atoms with E-state index in [0.29, 0.717) is 13.1 Å². The lowest BCUT2D eigenvalue weighted by atomic mass is 10.1. The van der Waals surface area contributed by atoms with Gasteiger partial charge in [0.1, 0.15) is 0 Å². The molecule has 0 saturated carbocycles. The van der Waals surface area contributed by atoms with Crippen LogP contribution in [0.1, 0.15) is 42.8 Å². The zero-order valence-corrected chi connectivity index (χ0v) is 17.1. The van der Waals surface area contributed by atoms with Gasteiger partial charge in [0.15, 0.2) is 0 Å². The van der Waals surface area contributed by atoms with Crippen molar-refractivity contribution in [3.8, 4) is 0 Å². The van der Waals surface area contributed by atoms with Crippen molar-refractivity contribution >= 4 is 6.03 Å². The van der Waals surface area contributed by atoms with E-state index in [2.05, 4.69) is 65.7 Å². The molecule has 6 heteroatoms. The Balaban J connectivity index is 1.74. The molecule has 0 fully saturated rings. The molecule has 0 bridgehead atoms. The predicted octanol–water partition coefficient (Wildman–Crippen LogP) is 3.23. The van der Waals surface area contributed by atoms with Crippen molar-refractivity contribution in [2.75, 3.05) is 19.6 Å². The van der Waals surface area contributed by atoms with Crippen molar-refractivity contribution in [2.24, 2.45) is 0 Å². The third kappa shape index (κ3) is 6.71. The van der Waals surface area contributed by atoms with Crippen molar-refractivity contribution < 1.29 is 4.79 Å². The average Bonchev–Trinajstić information content (AvgIpc) is 2.99. The van der Waals surface area contributed by atoms with Crippen LogP contribution in [0.25, 0.3) is 0 Å². The van der Waals surface area contributed by atoms with Crippen molar-refractivity contribution in [1.29, 1.82) is 0 Å². The van der Waals surface area contributed by atoms with Crippen LogP contribution in [0.3, 0.4) is 0 Å². The molecule has 148 valence electrons. The van der Waals surface area contributed by atoms with Crippen LogP contribution in [0.2, 0.25) is 0 Å². The summed E-state index contributed by atoms with van der Waals surface area (Å²) in [7, 11) is 0. The van der Waals surface area contributed by atoms with Gasteiger partial charge in [-0.05, 0) is 50.6 Å². The second-order valence-electron chi connectivity index (χ2n) is 6.84. The van der Waals surface area contributed by atoms with Gasteiger partial charge in [-0.15, -0.1) is 0 Å². The van der Waals surface area contributed by atoms with Crippen LogP contribution in [0.4, 0.5) is 4.79 Å². The molecule has 2 amide bonds. The van der Waals surface area contributed by atoms with Gasteiger partial charge >= 0.3 is 6.03 Å². The van der Waals surface area contributed by atoms with Gasteiger partial charge in [0.2, 0.25) is 0 Å². The second kappa shape index (κ2) is 10.7. The normalized spacial score (nSPS) is 11.0. The molecule has 0 spiro atoms. The van der Waals surface area contributed by atoms with Crippen LogP contribution in [0.15, 0.2) is 30.3 Å². The van der Waals surface area contributed by atoms with E-state index in [0.717, 1.165) is 44.0 Å². The number of nitrogens with zero attached hydrogens (tertiary/aromatic N) is 3. The van der Waals surface area contributed by atoms with Crippen molar-refractivity contribution in [2.45, 2.75) is 53.8 Å². The fourth-order valence-corrected chi connectivity index (χ4v) is 3.14. The molecule has 2 rings (SSSR count). The first-order valence-corrected chi connectivity index (χ1v) is 9.85. The highest BCUT2D eigenvalue weighted by Gasteiger charge is 2.08. The van der Waals surface area contributed by atoms with Gasteiger partial charge < -0.3 is 10.6 Å². The van der Waals surface area contributed by atoms with E-state index in [9.17, 15) is 4.79 Å². The predicted molar refractivity (Wildman–Crippen MR) is 110 cm³/mol. The summed E-state index contributed by atoms with van der Waals surface area (Å²) in [5.74, 6) is 0. The molecule has 0 aliphatic heterocycles. The summed E-state index contributed by atoms with van der Waals surface area (Å²) < 4.78 is 1.98. The molecule has 0 saturated heterocycles. The van der Waals surface area contributed by atoms with Crippen LogP contribution in [-0.4, -0.2) is 40.3 Å². The van der Waals surface area contributed by atoms with Crippen molar-refractivity contribution in [3.05, 3.63) is 52.8 Å². The number of amides is 2. The maximum absolute atomic E-state index is 12.1. The van der Waals surface area contributed by atoms with Gasteiger partial charge in [-0.1, -0.05) is 38.1 Å². The summed E-state index contributed by atoms with van der Waals surface area (Å²) >= 11 is 0. The maximum Gasteiger partial charge on any atom is 0.315 e. The van der Waals surface area contributed by atoms with Crippen LogP contribution in [-0.2, 0) is 19.6 Å². The molecule has 2 N–H and O–H groups in total. The SMILES string of the molecule is CCN(CC)Cc1ccccc1CNC(=O)NCCCn1nc(C)cc1C. The molecule has 0 aliphatic carbocycles. The van der Waals surface area contributed by atoms with Crippen LogP contribution in [0, 0.1) is 13.8 Å². The number of benzene rings is 1. The van der Waals surface area contributed by atoms with Gasteiger partial charge in [0, 0.05) is 31.9 Å². The zero-order valence-electron chi connectivity index (χ0n) is 17.1. The summed E-state index contributed by atoms with van der Waals surface area (Å²) in [4.78, 5) is 14.5. The van der Waals surface area contributed by atoms with E-state index in [4.69, 9.17) is 0 Å². The fraction of sp³-hybridized carbons (Fsp3) is 0.524. The highest BCUT2D eigenvalue weighted by atomic mass is 16.2. The molecule has 1 aromatic heterocycles. The number of aromatic nitrogens is 2. The van der Waals surface area contributed by atoms with Gasteiger partial charge in [0.25, 0.3) is 0 Å². The average molecular weight is 372 g/mol. The summed E-state index contributed by atoms with van der Waals surface area (Å²) in [6.07, 6.45) is 0.855. The third-order valence-electron chi connectivity index (χ3n) is 4.78. The van der Waals surface area contributed by atoms with E-state index >= 15 is 0 Å². The Morgan fingerprint density at radius 3 is 2.44 bits per heavy atom. The molecule has 2 aromatic rings. The smallest absolute Gasteiger partial charge is 0.315 e. The molecule has 6 nitrogen and oxygen atoms in total. The first-order chi connectivity index (χ1) is 13.0. The third-order valence-corrected chi connectivity index (χ3v) is 4.78. The number of hydrogen-bond donors (Lipinski definition) is 2. The summed E-state index contributed by atoms with van der Waals surface area (Å²) in [5.41, 5.74) is 4.62. The standard InChI is InChI=1S/C21H33N5O/c1-5-25(6-2)16-20-11-8-7-10-19(20)15-23-21(27)22-12-9-13-26-18(4)14-17(3)24-26/h7-8,10-11,14H,5-6,9,12-13,15-16H2,1-4H3,(H2,22,23,27). The lowest BCUT2D eigenvalue weighted by Crippen LogP contribution is -2.36. The summed E-state index contributed by atoms with van der Waals surface area (Å²) in [6.45, 7) is 13.3. The Kier molecular flexibility index (Phi) is 8.33. The second-order valence-corrected chi connectivity index (χ2v) is 6.84. The lowest BCUT2D eigenvalue weighted by molar-refractivity contribution is 0.240. The van der Waals surface area contributed by atoms with Crippen LogP contribution >= 0.6 is 0 Å². The van der Waals surface area contributed by atoms with Gasteiger partial charge in [-0.2, -0.15) is 5.10 Å². The number of aryl methyl sites for hydroxylation is 3. The van der Waals surface area contributed by atoms with E-state index in [-0.39, 0.29) is 6.03 Å². The Morgan fingerprint density at radius 1 is 1.11 bits per heavy atom. The minimum Gasteiger partial charge on any atom is -0.338 e. The number of hydrogen-bond acceptors (Lipinski definition) is 3. The highest BCUT2D eigenvalue weighted by molar-refractivity contribution is 5.73. The topological polar surface area (TPSA) is 62.2 Å². The number of urea groups is 1. The summed E-state index contributed by atoms with van der Waals surface area (Å²) in [6, 6.07) is 10.2. The minimum absolute atomic E-state index is 0.124. The molecule has 1 heterocycles. The molecule has 27 heavy (non-hydrogen) atoms. The van der Waals surface area contributed by atoms with E-state index in [1.807, 2.05) is 17.7 Å². The van der Waals surface area contributed by atoms with Gasteiger partial charge in [-0.25, -0.2) is 4.79 Å². The lowest BCUT2D eigenvalue weighted by Gasteiger charge is -2.20. The van der Waals surface area contributed by atoms with Crippen LogP contribution < -0.4 is 10.6 Å². The Bertz CT molecular complexity index is 721. The maximum atomic E-state index is 12.1. The monoisotopic (exact) mass is 371 g/mol. The fourth-order valence-electron chi connectivity index (χ4n) is 3.14. The molecule has 0 unspecified atom stereocenters. The highest BCUT2D eigenvalue weighted by Crippen LogP contribution is 2.11. The van der Waals surface area contributed by atoms with Crippen molar-refractivity contribution in [1.82, 2.24) is 25.3 Å². The molecule has 1 aromatic carbocycles. The number of rotatable bonds is 10. The van der Waals surface area contributed by atoms with E-state index in [1.54, 1.807) is 0 Å². The zero-order chi connectivity index (χ0) is 19.6. The van der Waals surface area contributed by atoms with Gasteiger partial charge in [-0.3, -0.25) is 9.58 Å². The molecule has 0 radical (unpaired) electrons. The number of carbonyl (C=O) groups is 1. The molecular weight excluding hydrogens is 338 g/mol. The van der Waals surface area contributed by atoms with Crippen LogP contribution in [0.5, 0.6) is 0 Å². The first-order valence-electron chi connectivity index (χ1n) is 9.85. The van der Waals surface area contributed by atoms with E-state index in [1.165, 1.54) is 11.1 Å². The first kappa shape index (κ1) is 21.0. The quantitative estimate of drug-likeness (QED) is 0.630. The van der Waals surface area contributed by atoms with Crippen molar-refractivity contribution in [3.63, 3.8) is 0 Å². The number of nitrogens with one attached hydrogen (secondary N) is 2. The Labute approximate surface area is 162 Å². The molecular formula is C21H33N5O. The Morgan fingerprint density at radius 2 is 1.81 bits per heavy atom. The number of carbonyl (C=O) groups excluding carboxylic acids is 1. The molecule has 0 aliphatic rings.